The minimum atomic E-state index is -0.436. The normalized spacial score (nSPS) is 16.8. The number of anilines is 2. The molecule has 10 rings (SSSR count). The zero-order valence-corrected chi connectivity index (χ0v) is 34.1. The Morgan fingerprint density at radius 1 is 0.803 bits per heavy atom. The van der Waals surface area contributed by atoms with Gasteiger partial charge in [-0.15, -0.1) is 0 Å². The van der Waals surface area contributed by atoms with Gasteiger partial charge in [-0.1, -0.05) is 30.3 Å². The van der Waals surface area contributed by atoms with Crippen LogP contribution in [0.25, 0.3) is 38.8 Å². The van der Waals surface area contributed by atoms with Gasteiger partial charge in [0.15, 0.2) is 0 Å². The summed E-state index contributed by atoms with van der Waals surface area (Å²) in [6, 6.07) is 24.5. The van der Waals surface area contributed by atoms with Crippen molar-refractivity contribution in [2.24, 2.45) is 14.1 Å². The molecule has 0 saturated carbocycles. The Bertz CT molecular complexity index is 2970. The van der Waals surface area contributed by atoms with E-state index in [1.807, 2.05) is 55.1 Å². The van der Waals surface area contributed by atoms with Gasteiger partial charge in [0.05, 0.1) is 34.7 Å². The lowest BCUT2D eigenvalue weighted by Gasteiger charge is -2.21. The van der Waals surface area contributed by atoms with Crippen LogP contribution in [0.15, 0.2) is 103 Å². The lowest BCUT2D eigenvalue weighted by Crippen LogP contribution is -2.39. The second-order valence-electron chi connectivity index (χ2n) is 16.0. The van der Waals surface area contributed by atoms with Crippen LogP contribution in [0.5, 0.6) is 0 Å². The van der Waals surface area contributed by atoms with Gasteiger partial charge in [0.1, 0.15) is 12.1 Å². The Kier molecular flexibility index (Phi) is 9.39. The predicted molar refractivity (Wildman–Crippen MR) is 230 cm³/mol. The van der Waals surface area contributed by atoms with Gasteiger partial charge in [-0.25, -0.2) is 23.8 Å². The highest BCUT2D eigenvalue weighted by Crippen LogP contribution is 2.40. The summed E-state index contributed by atoms with van der Waals surface area (Å²) in [5, 5.41) is 12.3. The van der Waals surface area contributed by atoms with Gasteiger partial charge < -0.3 is 0 Å². The van der Waals surface area contributed by atoms with E-state index in [0.717, 1.165) is 76.2 Å². The fourth-order valence-corrected chi connectivity index (χ4v) is 9.07. The molecule has 61 heavy (non-hydrogen) atoms. The van der Waals surface area contributed by atoms with E-state index in [-0.39, 0.29) is 23.5 Å². The Hall–Kier alpha value is -7.26. The van der Waals surface area contributed by atoms with E-state index in [1.165, 1.54) is 27.7 Å². The van der Waals surface area contributed by atoms with Crippen LogP contribution in [0.3, 0.4) is 0 Å². The van der Waals surface area contributed by atoms with Crippen LogP contribution < -0.4 is 20.8 Å². The van der Waals surface area contributed by atoms with Crippen LogP contribution in [0, 0.1) is 6.92 Å². The number of carbonyl (C=O) groups is 3. The lowest BCUT2D eigenvalue weighted by molar-refractivity contribution is -0.134. The SMILES string of the molecule is Cc1c(-c2ccc(-n3cnn(C)c3=O)cc2-c2ccc3c(c2)CN(CCc2ccc4c(C5CCC(=O)NC5=O)nn(C)c4c2)C3)ccnc1N1CCN(c2cccnc2)C1=O. The predicted octanol–water partition coefficient (Wildman–Crippen LogP) is 5.42. The number of aromatic nitrogens is 7. The molecule has 7 heterocycles. The number of fused-ring (bicyclic) bond motifs is 2. The summed E-state index contributed by atoms with van der Waals surface area (Å²) in [4.78, 5) is 66.1. The molecule has 0 bridgehead atoms. The highest BCUT2D eigenvalue weighted by Gasteiger charge is 2.34. The van der Waals surface area contributed by atoms with Crippen molar-refractivity contribution in [2.45, 2.75) is 45.2 Å². The zero-order valence-electron chi connectivity index (χ0n) is 34.1. The molecule has 0 aliphatic carbocycles. The fraction of sp³-hybridized carbons (Fsp3) is 0.261. The van der Waals surface area contributed by atoms with Gasteiger partial charge in [-0.2, -0.15) is 10.2 Å². The average Bonchev–Trinajstić information content (AvgIpc) is 4.04. The summed E-state index contributed by atoms with van der Waals surface area (Å²) in [6.45, 7) is 5.49. The van der Waals surface area contributed by atoms with Crippen molar-refractivity contribution in [1.29, 1.82) is 0 Å². The van der Waals surface area contributed by atoms with Crippen LogP contribution in [0.1, 0.15) is 46.7 Å². The molecule has 2 saturated heterocycles. The Balaban J connectivity index is 0.925. The third kappa shape index (κ3) is 6.76. The number of imide groups is 1. The van der Waals surface area contributed by atoms with Crippen molar-refractivity contribution in [1.82, 2.24) is 44.3 Å². The highest BCUT2D eigenvalue weighted by molar-refractivity contribution is 6.06. The first-order valence-corrected chi connectivity index (χ1v) is 20.4. The number of nitrogens with zero attached hydrogens (tertiary/aromatic N) is 10. The van der Waals surface area contributed by atoms with E-state index in [2.05, 4.69) is 56.7 Å². The molecule has 15 nitrogen and oxygen atoms in total. The number of rotatable bonds is 9. The first kappa shape index (κ1) is 38.0. The van der Waals surface area contributed by atoms with Crippen molar-refractivity contribution in [2.75, 3.05) is 29.4 Å². The molecule has 0 radical (unpaired) electrons. The molecule has 3 aromatic carbocycles. The van der Waals surface area contributed by atoms with Crippen molar-refractivity contribution in [3.05, 3.63) is 136 Å². The molecule has 0 spiro atoms. The maximum atomic E-state index is 13.7. The molecule has 306 valence electrons. The lowest BCUT2D eigenvalue weighted by atomic mass is 9.91. The minimum Gasteiger partial charge on any atom is -0.296 e. The van der Waals surface area contributed by atoms with Crippen molar-refractivity contribution < 1.29 is 14.4 Å². The third-order valence-electron chi connectivity index (χ3n) is 12.3. The van der Waals surface area contributed by atoms with Crippen molar-refractivity contribution >= 4 is 40.3 Å². The molecule has 7 aromatic rings. The van der Waals surface area contributed by atoms with E-state index in [9.17, 15) is 19.2 Å². The molecule has 1 unspecified atom stereocenters. The molecule has 2 fully saturated rings. The number of pyridine rings is 2. The first-order chi connectivity index (χ1) is 29.6. The number of urea groups is 1. The van der Waals surface area contributed by atoms with Crippen LogP contribution in [0.2, 0.25) is 0 Å². The number of carbonyl (C=O) groups excluding carboxylic acids is 3. The second kappa shape index (κ2) is 15.1. The minimum absolute atomic E-state index is 0.146. The molecule has 4 amide bonds. The van der Waals surface area contributed by atoms with Gasteiger partial charge in [0.2, 0.25) is 11.8 Å². The molecule has 3 aliphatic rings. The van der Waals surface area contributed by atoms with E-state index < -0.39 is 5.92 Å². The quantitative estimate of drug-likeness (QED) is 0.188. The fourth-order valence-electron chi connectivity index (χ4n) is 9.07. The number of benzene rings is 3. The molecule has 15 heteroatoms. The summed E-state index contributed by atoms with van der Waals surface area (Å²) in [5.41, 5.74) is 11.3. The first-order valence-electron chi connectivity index (χ1n) is 20.4. The van der Waals surface area contributed by atoms with Crippen molar-refractivity contribution in [3.63, 3.8) is 0 Å². The molecule has 1 atom stereocenters. The van der Waals surface area contributed by atoms with Crippen LogP contribution >= 0.6 is 0 Å². The maximum absolute atomic E-state index is 13.7. The smallest absolute Gasteiger partial charge is 0.296 e. The molecular formula is C46H43N11O4. The highest BCUT2D eigenvalue weighted by atomic mass is 16.2. The monoisotopic (exact) mass is 813 g/mol. The number of piperidine rings is 1. The number of hydrogen-bond acceptors (Lipinski definition) is 9. The van der Waals surface area contributed by atoms with Gasteiger partial charge >= 0.3 is 11.7 Å². The van der Waals surface area contributed by atoms with Crippen molar-refractivity contribution in [3.8, 4) is 27.9 Å². The summed E-state index contributed by atoms with van der Waals surface area (Å²) in [5.74, 6) is -0.345. The van der Waals surface area contributed by atoms with E-state index in [4.69, 9.17) is 10.1 Å². The second-order valence-corrected chi connectivity index (χ2v) is 16.0. The van der Waals surface area contributed by atoms with E-state index in [1.54, 1.807) is 40.0 Å². The average molecular weight is 814 g/mol. The Morgan fingerprint density at radius 2 is 1.66 bits per heavy atom. The zero-order chi connectivity index (χ0) is 41.9. The number of hydrogen-bond donors (Lipinski definition) is 1. The van der Waals surface area contributed by atoms with Gasteiger partial charge in [0, 0.05) is 71.0 Å². The van der Waals surface area contributed by atoms with Gasteiger partial charge in [0.25, 0.3) is 0 Å². The van der Waals surface area contributed by atoms with Gasteiger partial charge in [-0.05, 0) is 107 Å². The largest absolute Gasteiger partial charge is 0.350 e. The van der Waals surface area contributed by atoms with E-state index >= 15 is 0 Å². The molecule has 4 aromatic heterocycles. The number of aryl methyl sites for hydroxylation is 2. The van der Waals surface area contributed by atoms with Gasteiger partial charge in [-0.3, -0.25) is 39.3 Å². The molecule has 1 N–H and O–H groups in total. The Morgan fingerprint density at radius 3 is 2.46 bits per heavy atom. The number of amides is 4. The van der Waals surface area contributed by atoms with E-state index in [0.29, 0.717) is 37.4 Å². The summed E-state index contributed by atoms with van der Waals surface area (Å²) in [6.07, 6.45) is 8.29. The molecule has 3 aliphatic heterocycles. The summed E-state index contributed by atoms with van der Waals surface area (Å²) >= 11 is 0. The van der Waals surface area contributed by atoms with Crippen LogP contribution in [-0.2, 0) is 43.2 Å². The van der Waals surface area contributed by atoms with Crippen LogP contribution in [-0.4, -0.2) is 76.5 Å². The summed E-state index contributed by atoms with van der Waals surface area (Å²) in [7, 11) is 3.53. The third-order valence-corrected chi connectivity index (χ3v) is 12.3. The topological polar surface area (TPSA) is 156 Å². The summed E-state index contributed by atoms with van der Waals surface area (Å²) < 4.78 is 4.69. The van der Waals surface area contributed by atoms with Crippen LogP contribution in [0.4, 0.5) is 16.3 Å². The standard InChI is InChI=1S/C46H43N11O4/c1-28-35(14-17-48-43(28)56-20-19-55(46(56)61)34-5-4-16-47-24-34)36-11-9-33(57-27-49-53(3)45(57)60)23-39(36)30-7-8-31-25-54(26-32(31)22-30)18-15-29-6-10-37-40(21-29)52(2)51-42(37)38-12-13-41(58)50-44(38)59/h4-11,14,16-17,21-24,27,38H,12-13,15,18-20,25-26H2,1-3H3,(H,50,58,59). The Labute approximate surface area is 350 Å². The number of nitrogens with one attached hydrogen (secondary N) is 1. The maximum Gasteiger partial charge on any atom is 0.350 e. The molecular weight excluding hydrogens is 771 g/mol.